The van der Waals surface area contributed by atoms with Crippen LogP contribution < -0.4 is 10.6 Å². The number of benzene rings is 2. The number of halogens is 1. The summed E-state index contributed by atoms with van der Waals surface area (Å²) in [5.41, 5.74) is 3.30. The molecule has 0 saturated carbocycles. The van der Waals surface area contributed by atoms with Crippen LogP contribution in [0.5, 0.6) is 0 Å². The van der Waals surface area contributed by atoms with Gasteiger partial charge in [0.1, 0.15) is 23.2 Å². The highest BCUT2D eigenvalue weighted by molar-refractivity contribution is 6.04. The smallest absolute Gasteiger partial charge is 0.335 e. The molecule has 2 heterocycles. The van der Waals surface area contributed by atoms with Crippen molar-refractivity contribution in [2.24, 2.45) is 0 Å². The molecule has 0 saturated heterocycles. The number of aromatic carboxylic acids is 1. The monoisotopic (exact) mass is 434 g/mol. The van der Waals surface area contributed by atoms with Gasteiger partial charge < -0.3 is 15.7 Å². The zero-order chi connectivity index (χ0) is 22.7. The lowest BCUT2D eigenvalue weighted by Crippen LogP contribution is -2.24. The van der Waals surface area contributed by atoms with Crippen LogP contribution in [0.3, 0.4) is 0 Å². The van der Waals surface area contributed by atoms with Crippen LogP contribution in [-0.2, 0) is 13.1 Å². The Balaban J connectivity index is 1.46. The van der Waals surface area contributed by atoms with E-state index in [1.165, 1.54) is 24.5 Å². The Morgan fingerprint density at radius 2 is 1.81 bits per heavy atom. The van der Waals surface area contributed by atoms with Gasteiger partial charge >= 0.3 is 5.97 Å². The number of carbonyl (C=O) groups is 2. The van der Waals surface area contributed by atoms with Gasteiger partial charge in [-0.3, -0.25) is 9.89 Å². The average molecular weight is 434 g/mol. The third-order valence-corrected chi connectivity index (χ3v) is 4.90. The molecule has 0 aliphatic carbocycles. The number of anilines is 1. The second-order valence-corrected chi connectivity index (χ2v) is 7.14. The van der Waals surface area contributed by atoms with Crippen molar-refractivity contribution in [1.29, 1.82) is 0 Å². The Morgan fingerprint density at radius 1 is 1.06 bits per heavy atom. The molecule has 0 spiro atoms. The molecule has 1 amide bonds. The predicted octanol–water partition coefficient (Wildman–Crippen LogP) is 3.04. The number of hydrogen-bond donors (Lipinski definition) is 4. The van der Waals surface area contributed by atoms with Crippen LogP contribution in [0.1, 0.15) is 37.5 Å². The normalized spacial score (nSPS) is 10.8. The van der Waals surface area contributed by atoms with Gasteiger partial charge in [-0.2, -0.15) is 5.10 Å². The van der Waals surface area contributed by atoms with Gasteiger partial charge in [-0.1, -0.05) is 24.3 Å². The van der Waals surface area contributed by atoms with Crippen LogP contribution in [0.2, 0.25) is 0 Å². The molecule has 2 aromatic carbocycles. The molecule has 0 bridgehead atoms. The molecule has 0 aliphatic rings. The molecule has 0 atom stereocenters. The zero-order valence-electron chi connectivity index (χ0n) is 17.0. The number of carbonyl (C=O) groups excluding carboxylic acids is 1. The van der Waals surface area contributed by atoms with E-state index in [-0.39, 0.29) is 23.6 Å². The van der Waals surface area contributed by atoms with Gasteiger partial charge in [-0.15, -0.1) is 0 Å². The van der Waals surface area contributed by atoms with Crippen molar-refractivity contribution in [3.8, 4) is 0 Å². The van der Waals surface area contributed by atoms with Gasteiger partial charge in [0.2, 0.25) is 0 Å². The Kier molecular flexibility index (Phi) is 5.75. The number of aryl methyl sites for hydroxylation is 1. The highest BCUT2D eigenvalue weighted by Crippen LogP contribution is 2.20. The molecule has 162 valence electrons. The number of nitrogens with zero attached hydrogens (tertiary/aromatic N) is 3. The minimum atomic E-state index is -0.986. The molecular formula is C22H19FN6O3. The summed E-state index contributed by atoms with van der Waals surface area (Å²) in [5, 5.41) is 21.8. The first-order valence-electron chi connectivity index (χ1n) is 9.71. The molecule has 0 fully saturated rings. The number of fused-ring (bicyclic) bond motifs is 1. The van der Waals surface area contributed by atoms with Crippen LogP contribution in [0.25, 0.3) is 11.0 Å². The summed E-state index contributed by atoms with van der Waals surface area (Å²) in [7, 11) is 0. The number of nitrogens with one attached hydrogen (secondary N) is 3. The Labute approximate surface area is 181 Å². The van der Waals surface area contributed by atoms with Crippen LogP contribution in [0.4, 0.5) is 10.2 Å². The van der Waals surface area contributed by atoms with Gasteiger partial charge in [-0.25, -0.2) is 19.2 Å². The molecule has 4 N–H and O–H groups in total. The van der Waals surface area contributed by atoms with E-state index in [1.807, 2.05) is 0 Å². The number of aromatic nitrogens is 4. The van der Waals surface area contributed by atoms with E-state index in [2.05, 4.69) is 30.8 Å². The van der Waals surface area contributed by atoms with E-state index in [0.29, 0.717) is 29.0 Å². The van der Waals surface area contributed by atoms with Crippen molar-refractivity contribution in [2.75, 3.05) is 5.32 Å². The molecule has 9 nitrogen and oxygen atoms in total. The molecule has 2 aromatic heterocycles. The van der Waals surface area contributed by atoms with Gasteiger partial charge in [0.15, 0.2) is 11.5 Å². The number of hydrogen-bond acceptors (Lipinski definition) is 6. The second-order valence-electron chi connectivity index (χ2n) is 7.14. The van der Waals surface area contributed by atoms with Gasteiger partial charge in [0.25, 0.3) is 5.91 Å². The lowest BCUT2D eigenvalue weighted by atomic mass is 10.1. The standard InChI is InChI=1S/C22H19FN6O3/c1-12-8-14(4-7-16(12)23)10-25-21(30)19-17-18(26-11-27-19)20(29-28-17)24-9-13-2-5-15(6-3-13)22(31)32/h2-8,11H,9-10H2,1H3,(H,25,30)(H,31,32)(H2,24,28,29). The molecule has 10 heteroatoms. The number of rotatable bonds is 7. The molecule has 4 aromatic rings. The number of amides is 1. The summed E-state index contributed by atoms with van der Waals surface area (Å²) in [6, 6.07) is 11.1. The molecule has 0 aliphatic heterocycles. The second kappa shape index (κ2) is 8.80. The number of aromatic amines is 1. The zero-order valence-corrected chi connectivity index (χ0v) is 17.0. The van der Waals surface area contributed by atoms with Crippen molar-refractivity contribution in [3.63, 3.8) is 0 Å². The summed E-state index contributed by atoms with van der Waals surface area (Å²) in [6.07, 6.45) is 1.28. The Morgan fingerprint density at radius 3 is 2.53 bits per heavy atom. The number of H-pyrrole nitrogens is 1. The van der Waals surface area contributed by atoms with Gasteiger partial charge in [0.05, 0.1) is 5.56 Å². The maximum absolute atomic E-state index is 13.4. The summed E-state index contributed by atoms with van der Waals surface area (Å²) in [5.74, 6) is -1.26. The first-order chi connectivity index (χ1) is 15.4. The lowest BCUT2D eigenvalue weighted by Gasteiger charge is -2.07. The third-order valence-electron chi connectivity index (χ3n) is 4.90. The fraction of sp³-hybridized carbons (Fsp3) is 0.136. The minimum Gasteiger partial charge on any atom is -0.478 e. The van der Waals surface area contributed by atoms with Crippen molar-refractivity contribution < 1.29 is 19.1 Å². The predicted molar refractivity (Wildman–Crippen MR) is 115 cm³/mol. The van der Waals surface area contributed by atoms with E-state index >= 15 is 0 Å². The van der Waals surface area contributed by atoms with Crippen LogP contribution in [-0.4, -0.2) is 37.1 Å². The molecular weight excluding hydrogens is 415 g/mol. The number of carboxylic acid groups (broad SMARTS) is 1. The summed E-state index contributed by atoms with van der Waals surface area (Å²) < 4.78 is 13.4. The largest absolute Gasteiger partial charge is 0.478 e. The fourth-order valence-corrected chi connectivity index (χ4v) is 3.16. The van der Waals surface area contributed by atoms with Gasteiger partial charge in [-0.05, 0) is 41.8 Å². The van der Waals surface area contributed by atoms with Crippen LogP contribution >= 0.6 is 0 Å². The fourth-order valence-electron chi connectivity index (χ4n) is 3.16. The van der Waals surface area contributed by atoms with E-state index in [1.54, 1.807) is 31.2 Å². The Hall–Kier alpha value is -4.34. The van der Waals surface area contributed by atoms with Gasteiger partial charge in [0, 0.05) is 13.1 Å². The maximum Gasteiger partial charge on any atom is 0.335 e. The molecule has 0 radical (unpaired) electrons. The SMILES string of the molecule is Cc1cc(CNC(=O)c2ncnc3c(NCc4ccc(C(=O)O)cc4)n[nH]c23)ccc1F. The highest BCUT2D eigenvalue weighted by atomic mass is 19.1. The number of carboxylic acids is 1. The topological polar surface area (TPSA) is 133 Å². The van der Waals surface area contributed by atoms with E-state index in [9.17, 15) is 14.0 Å². The minimum absolute atomic E-state index is 0.139. The highest BCUT2D eigenvalue weighted by Gasteiger charge is 2.17. The van der Waals surface area contributed by atoms with Crippen molar-refractivity contribution >= 4 is 28.7 Å². The van der Waals surface area contributed by atoms with Crippen LogP contribution in [0.15, 0.2) is 48.8 Å². The van der Waals surface area contributed by atoms with E-state index in [0.717, 1.165) is 11.1 Å². The van der Waals surface area contributed by atoms with Crippen molar-refractivity contribution in [2.45, 2.75) is 20.0 Å². The molecule has 0 unspecified atom stereocenters. The first kappa shape index (κ1) is 20.9. The summed E-state index contributed by atoms with van der Waals surface area (Å²) >= 11 is 0. The third kappa shape index (κ3) is 4.38. The summed E-state index contributed by atoms with van der Waals surface area (Å²) in [4.78, 5) is 31.9. The first-order valence-corrected chi connectivity index (χ1v) is 9.71. The van der Waals surface area contributed by atoms with E-state index < -0.39 is 11.9 Å². The summed E-state index contributed by atoms with van der Waals surface area (Å²) in [6.45, 7) is 2.26. The maximum atomic E-state index is 13.4. The lowest BCUT2D eigenvalue weighted by molar-refractivity contribution is 0.0696. The Bertz CT molecular complexity index is 1300. The quantitative estimate of drug-likeness (QED) is 0.351. The van der Waals surface area contributed by atoms with Crippen molar-refractivity contribution in [3.05, 3.63) is 82.6 Å². The molecule has 32 heavy (non-hydrogen) atoms. The van der Waals surface area contributed by atoms with Crippen LogP contribution in [0, 0.1) is 12.7 Å². The average Bonchev–Trinajstić information content (AvgIpc) is 3.21. The van der Waals surface area contributed by atoms with Crippen molar-refractivity contribution in [1.82, 2.24) is 25.5 Å². The molecule has 4 rings (SSSR count). The van der Waals surface area contributed by atoms with E-state index in [4.69, 9.17) is 5.11 Å².